The van der Waals surface area contributed by atoms with E-state index in [0.717, 1.165) is 6.61 Å². The van der Waals surface area contributed by atoms with Crippen LogP contribution in [0.15, 0.2) is 4.42 Å². The minimum absolute atomic E-state index is 0.0345. The van der Waals surface area contributed by atoms with E-state index < -0.39 is 0 Å². The molecule has 19 heavy (non-hydrogen) atoms. The molecule has 0 spiro atoms. The van der Waals surface area contributed by atoms with Crippen molar-refractivity contribution in [3.05, 3.63) is 5.89 Å². The Bertz CT molecular complexity index is 358. The second-order valence-corrected chi connectivity index (χ2v) is 6.00. The summed E-state index contributed by atoms with van der Waals surface area (Å²) in [5, 5.41) is 14.2. The summed E-state index contributed by atoms with van der Waals surface area (Å²) >= 11 is 0. The second-order valence-electron chi connectivity index (χ2n) is 6.00. The number of ether oxygens (including phenoxy) is 1. The predicted octanol–water partition coefficient (Wildman–Crippen LogP) is 2.04. The number of rotatable bonds is 8. The largest absolute Gasteiger partial charge is 0.407 e. The third-order valence-corrected chi connectivity index (χ3v) is 2.21. The Kier molecular flexibility index (Phi) is 6.24. The van der Waals surface area contributed by atoms with Gasteiger partial charge in [-0.1, -0.05) is 18.9 Å². The summed E-state index contributed by atoms with van der Waals surface area (Å²) in [7, 11) is 0. The zero-order valence-corrected chi connectivity index (χ0v) is 12.6. The monoisotopic (exact) mass is 270 g/mol. The third kappa shape index (κ3) is 7.79. The molecule has 0 saturated carbocycles. The van der Waals surface area contributed by atoms with Gasteiger partial charge in [0.05, 0.1) is 13.2 Å². The molecule has 1 aromatic rings. The van der Waals surface area contributed by atoms with Crippen LogP contribution in [0.1, 0.15) is 40.5 Å². The SMILES string of the molecule is CC(C)COCCNc1nnc(CNC(C)(C)C)o1. The lowest BCUT2D eigenvalue weighted by Gasteiger charge is -2.18. The second kappa shape index (κ2) is 7.45. The highest BCUT2D eigenvalue weighted by molar-refractivity contribution is 5.16. The third-order valence-electron chi connectivity index (χ3n) is 2.21. The fraction of sp³-hybridized carbons (Fsp3) is 0.846. The fourth-order valence-corrected chi connectivity index (χ4v) is 1.29. The maximum Gasteiger partial charge on any atom is 0.315 e. The molecule has 2 N–H and O–H groups in total. The van der Waals surface area contributed by atoms with E-state index in [2.05, 4.69) is 55.4 Å². The van der Waals surface area contributed by atoms with Crippen LogP contribution in [-0.2, 0) is 11.3 Å². The topological polar surface area (TPSA) is 72.2 Å². The molecule has 0 amide bonds. The van der Waals surface area contributed by atoms with Crippen LogP contribution in [0, 0.1) is 5.92 Å². The van der Waals surface area contributed by atoms with Gasteiger partial charge in [0.1, 0.15) is 0 Å². The molecule has 0 saturated heterocycles. The lowest BCUT2D eigenvalue weighted by molar-refractivity contribution is 0.118. The van der Waals surface area contributed by atoms with Crippen molar-refractivity contribution in [2.45, 2.75) is 46.7 Å². The van der Waals surface area contributed by atoms with Gasteiger partial charge in [-0.3, -0.25) is 0 Å². The first-order valence-electron chi connectivity index (χ1n) is 6.76. The Balaban J connectivity index is 2.20. The molecule has 0 aliphatic heterocycles. The normalized spacial score (nSPS) is 12.1. The summed E-state index contributed by atoms with van der Waals surface area (Å²) in [6.07, 6.45) is 0. The van der Waals surface area contributed by atoms with Crippen molar-refractivity contribution < 1.29 is 9.15 Å². The van der Waals surface area contributed by atoms with Gasteiger partial charge in [0.25, 0.3) is 0 Å². The van der Waals surface area contributed by atoms with Crippen molar-refractivity contribution >= 4 is 6.01 Å². The summed E-state index contributed by atoms with van der Waals surface area (Å²) in [6, 6.07) is 0.443. The summed E-state index contributed by atoms with van der Waals surface area (Å²) in [5.41, 5.74) is 0.0345. The predicted molar refractivity (Wildman–Crippen MR) is 75.0 cm³/mol. The molecule has 0 fully saturated rings. The number of hydrogen-bond donors (Lipinski definition) is 2. The molecule has 0 aliphatic rings. The van der Waals surface area contributed by atoms with E-state index in [1.807, 2.05) is 0 Å². The van der Waals surface area contributed by atoms with Crippen LogP contribution in [0.25, 0.3) is 0 Å². The molecule has 0 aliphatic carbocycles. The number of hydrogen-bond acceptors (Lipinski definition) is 6. The lowest BCUT2D eigenvalue weighted by atomic mass is 10.1. The Morgan fingerprint density at radius 2 is 2.00 bits per heavy atom. The summed E-state index contributed by atoms with van der Waals surface area (Å²) < 4.78 is 10.9. The fourth-order valence-electron chi connectivity index (χ4n) is 1.29. The Morgan fingerprint density at radius 3 is 2.63 bits per heavy atom. The van der Waals surface area contributed by atoms with E-state index in [1.165, 1.54) is 0 Å². The van der Waals surface area contributed by atoms with Crippen LogP contribution in [0.3, 0.4) is 0 Å². The van der Waals surface area contributed by atoms with E-state index >= 15 is 0 Å². The van der Waals surface area contributed by atoms with Gasteiger partial charge in [0.2, 0.25) is 5.89 Å². The molecule has 0 unspecified atom stereocenters. The zero-order chi connectivity index (χ0) is 14.3. The smallest absolute Gasteiger partial charge is 0.315 e. The highest BCUT2D eigenvalue weighted by Crippen LogP contribution is 2.07. The van der Waals surface area contributed by atoms with E-state index in [-0.39, 0.29) is 5.54 Å². The molecule has 6 nitrogen and oxygen atoms in total. The van der Waals surface area contributed by atoms with Crippen LogP contribution in [0.4, 0.5) is 6.01 Å². The number of aromatic nitrogens is 2. The maximum atomic E-state index is 5.46. The Hall–Kier alpha value is -1.14. The zero-order valence-electron chi connectivity index (χ0n) is 12.6. The molecule has 1 rings (SSSR count). The molecule has 0 atom stereocenters. The molecule has 0 aromatic carbocycles. The van der Waals surface area contributed by atoms with Gasteiger partial charge in [0, 0.05) is 18.7 Å². The highest BCUT2D eigenvalue weighted by atomic mass is 16.5. The minimum Gasteiger partial charge on any atom is -0.407 e. The van der Waals surface area contributed by atoms with Crippen LogP contribution >= 0.6 is 0 Å². The van der Waals surface area contributed by atoms with Crippen LogP contribution < -0.4 is 10.6 Å². The van der Waals surface area contributed by atoms with Crippen LogP contribution in [0.5, 0.6) is 0 Å². The van der Waals surface area contributed by atoms with Crippen LogP contribution in [0.2, 0.25) is 0 Å². The van der Waals surface area contributed by atoms with Crippen molar-refractivity contribution in [1.29, 1.82) is 0 Å². The van der Waals surface area contributed by atoms with Gasteiger partial charge in [-0.25, -0.2) is 0 Å². The van der Waals surface area contributed by atoms with E-state index in [1.54, 1.807) is 0 Å². The Labute approximate surface area is 115 Å². The van der Waals surface area contributed by atoms with E-state index in [0.29, 0.717) is 37.5 Å². The first-order chi connectivity index (χ1) is 8.87. The molecule has 1 heterocycles. The van der Waals surface area contributed by atoms with E-state index in [4.69, 9.17) is 9.15 Å². The molecule has 6 heteroatoms. The van der Waals surface area contributed by atoms with Gasteiger partial charge >= 0.3 is 6.01 Å². The molecule has 0 bridgehead atoms. The van der Waals surface area contributed by atoms with Crippen molar-refractivity contribution in [3.8, 4) is 0 Å². The maximum absolute atomic E-state index is 5.46. The summed E-state index contributed by atoms with van der Waals surface area (Å²) in [6.45, 7) is 13.2. The Morgan fingerprint density at radius 1 is 1.26 bits per heavy atom. The van der Waals surface area contributed by atoms with Crippen molar-refractivity contribution in [2.24, 2.45) is 5.92 Å². The van der Waals surface area contributed by atoms with Crippen molar-refractivity contribution in [3.63, 3.8) is 0 Å². The van der Waals surface area contributed by atoms with Crippen molar-refractivity contribution in [1.82, 2.24) is 15.5 Å². The quantitative estimate of drug-likeness (QED) is 0.704. The van der Waals surface area contributed by atoms with Gasteiger partial charge in [-0.05, 0) is 26.7 Å². The average molecular weight is 270 g/mol. The molecule has 110 valence electrons. The van der Waals surface area contributed by atoms with Crippen molar-refractivity contribution in [2.75, 3.05) is 25.1 Å². The average Bonchev–Trinajstić information content (AvgIpc) is 2.72. The number of anilines is 1. The molecular weight excluding hydrogens is 244 g/mol. The summed E-state index contributed by atoms with van der Waals surface area (Å²) in [5.74, 6) is 1.14. The highest BCUT2D eigenvalue weighted by Gasteiger charge is 2.11. The molecular formula is C13H26N4O2. The molecule has 1 aromatic heterocycles. The lowest BCUT2D eigenvalue weighted by Crippen LogP contribution is -2.35. The first kappa shape index (κ1) is 15.9. The van der Waals surface area contributed by atoms with Gasteiger partial charge in [0.15, 0.2) is 0 Å². The number of nitrogens with zero attached hydrogens (tertiary/aromatic N) is 2. The van der Waals surface area contributed by atoms with Gasteiger partial charge < -0.3 is 19.8 Å². The standard InChI is InChI=1S/C13H26N4O2/c1-10(2)9-18-7-6-14-12-17-16-11(19-12)8-15-13(3,4)5/h10,15H,6-9H2,1-5H3,(H,14,17). The van der Waals surface area contributed by atoms with Gasteiger partial charge in [-0.2, -0.15) is 0 Å². The first-order valence-corrected chi connectivity index (χ1v) is 6.76. The van der Waals surface area contributed by atoms with Gasteiger partial charge in [-0.15, -0.1) is 5.10 Å². The minimum atomic E-state index is 0.0345. The summed E-state index contributed by atoms with van der Waals surface area (Å²) in [4.78, 5) is 0. The number of nitrogens with one attached hydrogen (secondary N) is 2. The van der Waals surface area contributed by atoms with E-state index in [9.17, 15) is 0 Å². The molecule has 0 radical (unpaired) electrons. The van der Waals surface area contributed by atoms with Crippen LogP contribution in [-0.4, -0.2) is 35.5 Å².